The van der Waals surface area contributed by atoms with Crippen molar-refractivity contribution < 1.29 is 18.1 Å². The van der Waals surface area contributed by atoms with Gasteiger partial charge >= 0.3 is 0 Å². The largest absolute Gasteiger partial charge is 0.507 e. The summed E-state index contributed by atoms with van der Waals surface area (Å²) in [7, 11) is -4.43. The van der Waals surface area contributed by atoms with Gasteiger partial charge in [-0.3, -0.25) is 4.55 Å². The van der Waals surface area contributed by atoms with E-state index in [0.717, 1.165) is 22.2 Å². The summed E-state index contributed by atoms with van der Waals surface area (Å²) in [6, 6.07) is 15.9. The highest BCUT2D eigenvalue weighted by Gasteiger charge is 2.20. The van der Waals surface area contributed by atoms with Crippen molar-refractivity contribution in [3.05, 3.63) is 48.5 Å². The highest BCUT2D eigenvalue weighted by molar-refractivity contribution is 7.86. The molecular formula is C16H8O4S. The Morgan fingerprint density at radius 3 is 2.57 bits per heavy atom. The average Bonchev–Trinajstić information content (AvgIpc) is 2.45. The van der Waals surface area contributed by atoms with Gasteiger partial charge < -0.3 is 5.11 Å². The van der Waals surface area contributed by atoms with Gasteiger partial charge in [0.1, 0.15) is 10.6 Å². The maximum Gasteiger partial charge on any atom is 0.295 e. The molecule has 2 N–H and O–H groups in total. The number of benzene rings is 3. The van der Waals surface area contributed by atoms with Crippen molar-refractivity contribution in [1.29, 1.82) is 0 Å². The Morgan fingerprint density at radius 1 is 1.00 bits per heavy atom. The Labute approximate surface area is 120 Å². The van der Waals surface area contributed by atoms with Crippen molar-refractivity contribution in [2.24, 2.45) is 0 Å². The molecule has 0 aliphatic carbocycles. The Balaban J connectivity index is 2.42. The highest BCUT2D eigenvalue weighted by Crippen LogP contribution is 2.39. The minimum atomic E-state index is -4.43. The first kappa shape index (κ1) is 12.2. The normalized spacial score (nSPS) is 12.2. The summed E-state index contributed by atoms with van der Waals surface area (Å²) in [5.74, 6) is -0.246. The summed E-state index contributed by atoms with van der Waals surface area (Å²) in [6.07, 6.45) is 0. The molecule has 0 heterocycles. The Kier molecular flexibility index (Phi) is 2.18. The number of phenolic OH excluding ortho intramolecular Hbond substituents is 1. The van der Waals surface area contributed by atoms with Crippen LogP contribution in [0.15, 0.2) is 41.3 Å². The van der Waals surface area contributed by atoms with Crippen molar-refractivity contribution in [1.82, 2.24) is 0 Å². The summed E-state index contributed by atoms with van der Waals surface area (Å²) in [4.78, 5) is -0.306. The standard InChI is InChI=1S/C16H8O4S/c17-13-8-14(21(18,19)20)12-7-5-10-3-1-2-9-4-6-11(13)16(12)15(9)10/h1-3,5,7-8,17H,(H,18,19,20). The molecule has 0 radical (unpaired) electrons. The van der Waals surface area contributed by atoms with Crippen LogP contribution in [-0.4, -0.2) is 18.1 Å². The van der Waals surface area contributed by atoms with E-state index >= 15 is 0 Å². The first-order valence-corrected chi connectivity index (χ1v) is 7.62. The SMILES string of the molecule is O=S(=O)(O)c1cc(O)c2c#cc3cccc4ccc1c2c34. The van der Waals surface area contributed by atoms with Gasteiger partial charge in [0.15, 0.2) is 0 Å². The minimum Gasteiger partial charge on any atom is -0.507 e. The molecule has 0 atom stereocenters. The highest BCUT2D eigenvalue weighted by atomic mass is 32.2. The maximum absolute atomic E-state index is 11.6. The lowest BCUT2D eigenvalue weighted by atomic mass is 9.95. The number of phenols is 1. The van der Waals surface area contributed by atoms with Crippen molar-refractivity contribution in [2.45, 2.75) is 4.90 Å². The Hall–Kier alpha value is -2.55. The lowest BCUT2D eigenvalue weighted by Crippen LogP contribution is -1.99. The molecule has 0 aromatic heterocycles. The fourth-order valence-electron chi connectivity index (χ4n) is 2.82. The van der Waals surface area contributed by atoms with Crippen LogP contribution in [0.5, 0.6) is 5.75 Å². The van der Waals surface area contributed by atoms with E-state index in [-0.39, 0.29) is 10.6 Å². The quantitative estimate of drug-likeness (QED) is 0.418. The molecule has 0 unspecified atom stereocenters. The summed E-state index contributed by atoms with van der Waals surface area (Å²) < 4.78 is 32.5. The third kappa shape index (κ3) is 1.57. The molecule has 0 saturated carbocycles. The zero-order chi connectivity index (χ0) is 14.8. The molecule has 0 fully saturated rings. The van der Waals surface area contributed by atoms with Gasteiger partial charge in [0, 0.05) is 27.6 Å². The predicted octanol–water partition coefficient (Wildman–Crippen LogP) is 3.14. The van der Waals surface area contributed by atoms with Crippen LogP contribution in [0.1, 0.15) is 0 Å². The van der Waals surface area contributed by atoms with Crippen LogP contribution < -0.4 is 0 Å². The van der Waals surface area contributed by atoms with Gasteiger partial charge in [0.25, 0.3) is 10.1 Å². The second-order valence-electron chi connectivity index (χ2n) is 4.89. The molecule has 0 amide bonds. The van der Waals surface area contributed by atoms with Crippen molar-refractivity contribution >= 4 is 42.4 Å². The van der Waals surface area contributed by atoms with Crippen molar-refractivity contribution in [2.75, 3.05) is 0 Å². The van der Waals surface area contributed by atoms with Gasteiger partial charge in [-0.25, -0.2) is 0 Å². The van der Waals surface area contributed by atoms with Crippen LogP contribution in [0.4, 0.5) is 0 Å². The van der Waals surface area contributed by atoms with Crippen molar-refractivity contribution in [3.8, 4) is 5.75 Å². The third-order valence-corrected chi connectivity index (χ3v) is 4.58. The summed E-state index contributed by atoms with van der Waals surface area (Å²) >= 11 is 0. The molecule has 4 aromatic rings. The van der Waals surface area contributed by atoms with Crippen LogP contribution in [0.3, 0.4) is 0 Å². The van der Waals surface area contributed by atoms with E-state index in [2.05, 4.69) is 12.1 Å². The topological polar surface area (TPSA) is 74.6 Å². The zero-order valence-electron chi connectivity index (χ0n) is 10.6. The second-order valence-corrected chi connectivity index (χ2v) is 6.28. The van der Waals surface area contributed by atoms with Crippen LogP contribution >= 0.6 is 0 Å². The predicted molar refractivity (Wildman–Crippen MR) is 79.3 cm³/mol. The molecular weight excluding hydrogens is 288 g/mol. The van der Waals surface area contributed by atoms with Gasteiger partial charge in [-0.05, 0) is 11.5 Å². The second kappa shape index (κ2) is 3.76. The molecule has 0 aliphatic heterocycles. The third-order valence-electron chi connectivity index (χ3n) is 3.69. The molecule has 0 saturated heterocycles. The molecule has 21 heavy (non-hydrogen) atoms. The molecule has 0 bridgehead atoms. The van der Waals surface area contributed by atoms with E-state index in [1.807, 2.05) is 18.2 Å². The smallest absolute Gasteiger partial charge is 0.295 e. The fraction of sp³-hybridized carbons (Fsp3) is 0. The average molecular weight is 296 g/mol. The minimum absolute atomic E-state index is 0.246. The van der Waals surface area contributed by atoms with Crippen LogP contribution in [0.25, 0.3) is 32.3 Å². The molecule has 0 spiro atoms. The number of hydrogen-bond acceptors (Lipinski definition) is 3. The molecule has 102 valence electrons. The molecule has 4 rings (SSSR count). The van der Waals surface area contributed by atoms with E-state index in [1.54, 1.807) is 12.1 Å². The monoisotopic (exact) mass is 296 g/mol. The lowest BCUT2D eigenvalue weighted by molar-refractivity contribution is 0.472. The number of rotatable bonds is 1. The van der Waals surface area contributed by atoms with Crippen LogP contribution in [0.2, 0.25) is 0 Å². The van der Waals surface area contributed by atoms with E-state index in [9.17, 15) is 18.1 Å². The lowest BCUT2D eigenvalue weighted by Gasteiger charge is -2.11. The van der Waals surface area contributed by atoms with Crippen LogP contribution in [-0.2, 0) is 10.1 Å². The first-order chi connectivity index (χ1) is 9.97. The van der Waals surface area contributed by atoms with E-state index in [1.165, 1.54) is 0 Å². The van der Waals surface area contributed by atoms with Gasteiger partial charge in [0.2, 0.25) is 0 Å². The van der Waals surface area contributed by atoms with E-state index < -0.39 is 10.1 Å². The maximum atomic E-state index is 11.6. The molecule has 4 nitrogen and oxygen atoms in total. The van der Waals surface area contributed by atoms with E-state index in [0.29, 0.717) is 16.2 Å². The fourth-order valence-corrected chi connectivity index (χ4v) is 3.53. The Bertz CT molecular complexity index is 1100. The van der Waals surface area contributed by atoms with Crippen LogP contribution in [0, 0.1) is 12.1 Å². The molecule has 4 aromatic carbocycles. The molecule has 5 heteroatoms. The van der Waals surface area contributed by atoms with Gasteiger partial charge in [0.05, 0.1) is 5.39 Å². The summed E-state index contributed by atoms with van der Waals surface area (Å²) in [5, 5.41) is 13.9. The summed E-state index contributed by atoms with van der Waals surface area (Å²) in [5.41, 5.74) is 0. The van der Waals surface area contributed by atoms with Crippen molar-refractivity contribution in [3.63, 3.8) is 0 Å². The van der Waals surface area contributed by atoms with Gasteiger partial charge in [-0.15, -0.1) is 0 Å². The molecule has 0 aliphatic rings. The zero-order valence-corrected chi connectivity index (χ0v) is 11.4. The van der Waals surface area contributed by atoms with E-state index in [4.69, 9.17) is 0 Å². The number of aromatic hydroxyl groups is 1. The Morgan fingerprint density at radius 2 is 1.81 bits per heavy atom. The van der Waals surface area contributed by atoms with Gasteiger partial charge in [-0.1, -0.05) is 36.4 Å². The van der Waals surface area contributed by atoms with Gasteiger partial charge in [-0.2, -0.15) is 8.42 Å². The number of hydrogen-bond donors (Lipinski definition) is 2. The first-order valence-electron chi connectivity index (χ1n) is 6.18. The summed E-state index contributed by atoms with van der Waals surface area (Å²) in [6.45, 7) is 0.